The van der Waals surface area contributed by atoms with Gasteiger partial charge in [-0.2, -0.15) is 0 Å². The predicted molar refractivity (Wildman–Crippen MR) is 404 cm³/mol. The quantitative estimate of drug-likeness (QED) is 0.0425. The lowest BCUT2D eigenvalue weighted by atomic mass is 9.97. The van der Waals surface area contributed by atoms with Gasteiger partial charge in [0, 0.05) is 63.4 Å². The smallest absolute Gasteiger partial charge is 0.264 e. The van der Waals surface area contributed by atoms with E-state index in [1.54, 1.807) is 74.9 Å². The van der Waals surface area contributed by atoms with Gasteiger partial charge in [0.2, 0.25) is 0 Å². The van der Waals surface area contributed by atoms with Crippen molar-refractivity contribution in [2.45, 2.75) is 26.7 Å². The first-order chi connectivity index (χ1) is 49.6. The fourth-order valence-electron chi connectivity index (χ4n) is 11.3. The van der Waals surface area contributed by atoms with Gasteiger partial charge in [0.1, 0.15) is 34.9 Å². The van der Waals surface area contributed by atoms with Crippen LogP contribution in [-0.2, 0) is 0 Å². The lowest BCUT2D eigenvalue weighted by Gasteiger charge is -2.28. The fourth-order valence-corrected chi connectivity index (χ4v) is 11.3. The number of rotatable bonds is 11. The van der Waals surface area contributed by atoms with Gasteiger partial charge in [0.05, 0.1) is 53.6 Å². The maximum Gasteiger partial charge on any atom is 0.264 e. The number of ether oxygens (including phenoxy) is 2. The molecule has 1 aliphatic heterocycles. The van der Waals surface area contributed by atoms with Crippen molar-refractivity contribution in [3.05, 3.63) is 244 Å². The lowest BCUT2D eigenvalue weighted by molar-refractivity contribution is 0.355. The molecule has 0 saturated carbocycles. The average Bonchev–Trinajstić information content (AvgIpc) is 0.814. The number of nitrogens with zero attached hydrogens (tertiary/aromatic N) is 4. The molecule has 520 valence electrons. The van der Waals surface area contributed by atoms with Crippen LogP contribution in [0, 0.1) is 66.8 Å². The van der Waals surface area contributed by atoms with Crippen LogP contribution >= 0.6 is 0 Å². The molecule has 0 amide bonds. The number of aromatic amines is 1. The Bertz CT molecular complexity index is 5390. The molecule has 1 fully saturated rings. The van der Waals surface area contributed by atoms with Crippen LogP contribution in [-0.4, -0.2) is 77.9 Å². The van der Waals surface area contributed by atoms with Crippen LogP contribution < -0.4 is 37.1 Å². The summed E-state index contributed by atoms with van der Waals surface area (Å²) in [5.41, 5.74) is 30.6. The zero-order chi connectivity index (χ0) is 73.6. The third kappa shape index (κ3) is 16.9. The molecular weight excluding hydrogens is 1320 g/mol. The molecule has 13 rings (SSSR count). The summed E-state index contributed by atoms with van der Waals surface area (Å²) < 4.78 is 50.0. The molecule has 1 aliphatic rings. The number of methoxy groups -OCH3 is 2. The van der Waals surface area contributed by atoms with E-state index in [4.69, 9.17) is 52.4 Å². The predicted octanol–water partition coefficient (Wildman–Crippen LogP) is 15.9. The second-order valence-electron chi connectivity index (χ2n) is 23.1. The second-order valence-corrected chi connectivity index (χ2v) is 23.1. The summed E-state index contributed by atoms with van der Waals surface area (Å²) in [5.74, 6) is 9.29. The summed E-state index contributed by atoms with van der Waals surface area (Å²) in [6.07, 6.45) is 26.0. The molecule has 4 aromatic heterocycles. The minimum atomic E-state index is -0.470. The Morgan fingerprint density at radius 2 is 0.712 bits per heavy atom. The van der Waals surface area contributed by atoms with E-state index in [0.29, 0.717) is 95.5 Å². The summed E-state index contributed by atoms with van der Waals surface area (Å²) in [6.45, 7) is 2.19. The Labute approximate surface area is 598 Å². The zero-order valence-corrected chi connectivity index (χ0v) is 55.4. The first-order valence-electron chi connectivity index (χ1n) is 31.6. The Morgan fingerprint density at radius 3 is 1.06 bits per heavy atom. The van der Waals surface area contributed by atoms with Crippen molar-refractivity contribution < 1.29 is 53.3 Å². The minimum absolute atomic E-state index is 0. The Kier molecular flexibility index (Phi) is 23.6. The van der Waals surface area contributed by atoms with Crippen molar-refractivity contribution in [3.63, 3.8) is 0 Å². The molecule has 0 spiro atoms. The van der Waals surface area contributed by atoms with Gasteiger partial charge in [-0.3, -0.25) is 4.79 Å². The van der Waals surface area contributed by atoms with Crippen molar-refractivity contribution >= 4 is 23.1 Å². The number of nitrogens with one attached hydrogen (secondary N) is 1. The number of anilines is 4. The molecule has 1 saturated heterocycles. The third-order valence-electron chi connectivity index (χ3n) is 16.6. The fraction of sp³-hybridized carbons (Fsp3) is 0.0952. The Morgan fingerprint density at radius 1 is 0.394 bits per heavy atom. The topological polar surface area (TPSA) is 293 Å². The number of piperidine rings is 1. The molecule has 0 bridgehead atoms. The minimum Gasteiger partial charge on any atom is -0.504 e. The molecule has 0 radical (unpaired) electrons. The first kappa shape index (κ1) is 74.0. The molecule has 0 aliphatic carbocycles. The van der Waals surface area contributed by atoms with Crippen LogP contribution in [0.1, 0.15) is 48.9 Å². The van der Waals surface area contributed by atoms with Gasteiger partial charge < -0.3 is 67.2 Å². The number of halogens is 3. The number of benzene rings is 8. The van der Waals surface area contributed by atoms with E-state index in [-0.39, 0.29) is 82.4 Å². The van der Waals surface area contributed by atoms with Crippen molar-refractivity contribution in [3.8, 4) is 185 Å². The number of hydrogen-bond donors (Lipinski definition) is 10. The Balaban J connectivity index is 0.000000161. The van der Waals surface area contributed by atoms with Crippen LogP contribution in [0.3, 0.4) is 0 Å². The molecule has 8 aromatic carbocycles. The summed E-state index contributed by atoms with van der Waals surface area (Å²) in [5, 5.41) is 57.8. The van der Waals surface area contributed by atoms with Crippen molar-refractivity contribution in [1.29, 1.82) is 0 Å². The van der Waals surface area contributed by atoms with Crippen molar-refractivity contribution in [2.75, 3.05) is 49.4 Å². The van der Waals surface area contributed by atoms with Gasteiger partial charge in [0.25, 0.3) is 5.56 Å². The normalized spacial score (nSPS) is 11.2. The maximum atomic E-state index is 13.2. The number of aromatic hydroxyl groups is 6. The number of H-pyrrole nitrogens is 1. The monoisotopic (exact) mass is 1390 g/mol. The van der Waals surface area contributed by atoms with Crippen LogP contribution in [0.5, 0.6) is 46.0 Å². The molecule has 0 atom stereocenters. The third-order valence-corrected chi connectivity index (χ3v) is 16.6. The average molecular weight is 1390 g/mol. The highest BCUT2D eigenvalue weighted by molar-refractivity contribution is 5.85. The van der Waals surface area contributed by atoms with Gasteiger partial charge in [0.15, 0.2) is 46.0 Å². The second kappa shape index (κ2) is 33.1. The van der Waals surface area contributed by atoms with Crippen LogP contribution in [0.4, 0.5) is 36.3 Å². The van der Waals surface area contributed by atoms with Gasteiger partial charge in [-0.25, -0.2) is 28.1 Å². The molecule has 104 heavy (non-hydrogen) atoms. The number of terminal acetylenes is 4. The van der Waals surface area contributed by atoms with E-state index in [2.05, 4.69) is 60.7 Å². The molecule has 20 heteroatoms. The van der Waals surface area contributed by atoms with Crippen LogP contribution in [0.2, 0.25) is 0 Å². The highest BCUT2D eigenvalue weighted by Gasteiger charge is 2.20. The molecule has 0 unspecified atom stereocenters. The highest BCUT2D eigenvalue weighted by Crippen LogP contribution is 2.41. The number of nitrogen functional groups attached to an aromatic ring is 3. The Hall–Kier alpha value is -14.2. The number of phenolic OH excluding ortho intramolecular Hbond substituents is 6. The van der Waals surface area contributed by atoms with Crippen LogP contribution in [0.15, 0.2) is 199 Å². The van der Waals surface area contributed by atoms with E-state index in [1.165, 1.54) is 110 Å². The van der Waals surface area contributed by atoms with Gasteiger partial charge in [-0.1, -0.05) is 67.5 Å². The summed E-state index contributed by atoms with van der Waals surface area (Å²) >= 11 is 0. The summed E-state index contributed by atoms with van der Waals surface area (Å²) in [6, 6.07) is 51.5. The maximum absolute atomic E-state index is 13.2. The number of aromatic nitrogens is 4. The number of hydrogen-bond acceptors (Lipinski definition) is 16. The van der Waals surface area contributed by atoms with Crippen LogP contribution in [0.25, 0.3) is 89.5 Å². The molecule has 13 N–H and O–H groups in total. The SMILES string of the molecule is C.C#Cc1c(-c2ccc(O)c(O)c2)cc(-c2ccc(F)cc2)[nH]c1=O.C#Cc1c(-c2ccc(O)c(O)c2)cc(-c2ccc(F)cc2)nc1N.C#Cc1c(-c2ccc(O)c(O)c2)cc(-c2ccc(N3CCCCC3)cc2)nc1N.C#Cc1c(-c2ccc(OC)c(OC)c2)cc(-c2ccc(F)cc2)nc1N. The van der Waals surface area contributed by atoms with E-state index in [9.17, 15) is 48.6 Å². The first-order valence-corrected chi connectivity index (χ1v) is 31.6. The van der Waals surface area contributed by atoms with E-state index in [0.717, 1.165) is 35.3 Å². The number of nitrogens with two attached hydrogens (primary N) is 3. The summed E-state index contributed by atoms with van der Waals surface area (Å²) in [4.78, 5) is 30.5. The number of phenols is 6. The van der Waals surface area contributed by atoms with Gasteiger partial charge in [-0.05, 0) is 205 Å². The molecule has 5 heterocycles. The molecule has 17 nitrogen and oxygen atoms in total. The number of pyridine rings is 4. The van der Waals surface area contributed by atoms with E-state index < -0.39 is 5.56 Å². The van der Waals surface area contributed by atoms with Gasteiger partial charge >= 0.3 is 0 Å². The zero-order valence-electron chi connectivity index (χ0n) is 55.4. The standard InChI is InChI=1S/C24H23N3O2.C21H17FN2O2.C19H13FN2O2.C19H12FNO3.CH4/c1-2-19-20(17-8-11-22(28)23(29)14-17)15-21(26-24(19)25)16-6-9-18(10-7-16)27-12-4-3-5-13-27;1-4-16-17(14-7-10-19(25-2)20(11-14)26-3)12-18(24-21(16)23)13-5-8-15(22)9-6-13;1-2-14-15(12-5-8-17(23)18(24)9-12)10-16(22-19(14)21)11-3-6-13(20)7-4-11;1-2-14-15(12-5-8-17(22)18(23)9-12)10-16(21-19(14)24)11-3-6-13(20)7-4-11;/h1,6-11,14-15,28-29H,3-5,12-13H2,(H2,25,26);1,5-12H,2-3H3,(H2,23,24);1,3-10,23-24H,(H2,21,22);1,3-10,22-23H,(H,21,24);1H4. The molecular formula is C84H69F3N8O9. The van der Waals surface area contributed by atoms with Crippen molar-refractivity contribution in [1.82, 2.24) is 19.9 Å². The van der Waals surface area contributed by atoms with Gasteiger partial charge in [-0.15, -0.1) is 25.7 Å². The largest absolute Gasteiger partial charge is 0.504 e. The molecule has 12 aromatic rings. The van der Waals surface area contributed by atoms with Crippen molar-refractivity contribution in [2.24, 2.45) is 0 Å². The van der Waals surface area contributed by atoms with E-state index >= 15 is 0 Å². The summed E-state index contributed by atoms with van der Waals surface area (Å²) in [7, 11) is 3.13. The van der Waals surface area contributed by atoms with E-state index in [1.807, 2.05) is 36.4 Å². The lowest BCUT2D eigenvalue weighted by Crippen LogP contribution is -2.29. The highest BCUT2D eigenvalue weighted by atomic mass is 19.1.